The van der Waals surface area contributed by atoms with E-state index in [1.54, 1.807) is 0 Å². The van der Waals surface area contributed by atoms with Gasteiger partial charge in [-0.3, -0.25) is 4.79 Å². The largest absolute Gasteiger partial charge is 0.367 e. The Morgan fingerprint density at radius 2 is 2.00 bits per heavy atom. The normalized spacial score (nSPS) is 26.9. The lowest BCUT2D eigenvalue weighted by molar-refractivity contribution is 0.00171. The van der Waals surface area contributed by atoms with E-state index in [1.807, 2.05) is 37.3 Å². The number of allylic oxidation sites excluding steroid dienone is 1. The standard InChI is InChI=1S/C15H18O2/c1-12-8-4-2-7-11-14(17-12)15(16)13-9-5-3-6-10-13/h2-6,9-10,12,14H,7-8,11H2,1H3/b4-2-/t12-,14-/m0/s1. The highest BCUT2D eigenvalue weighted by Gasteiger charge is 2.22. The lowest BCUT2D eigenvalue weighted by atomic mass is 10.0. The highest BCUT2D eigenvalue weighted by Crippen LogP contribution is 2.17. The second-order valence-electron chi connectivity index (χ2n) is 4.45. The van der Waals surface area contributed by atoms with E-state index in [2.05, 4.69) is 12.2 Å². The molecule has 2 rings (SSSR count). The Labute approximate surface area is 102 Å². The fourth-order valence-electron chi connectivity index (χ4n) is 2.04. The van der Waals surface area contributed by atoms with E-state index < -0.39 is 0 Å². The van der Waals surface area contributed by atoms with Crippen LogP contribution in [-0.2, 0) is 4.74 Å². The van der Waals surface area contributed by atoms with Crippen LogP contribution in [0.25, 0.3) is 0 Å². The number of carbonyl (C=O) groups excluding carboxylic acids is 1. The van der Waals surface area contributed by atoms with E-state index in [9.17, 15) is 4.79 Å². The van der Waals surface area contributed by atoms with Gasteiger partial charge in [-0.1, -0.05) is 42.5 Å². The van der Waals surface area contributed by atoms with Gasteiger partial charge in [-0.15, -0.1) is 0 Å². The summed E-state index contributed by atoms with van der Waals surface area (Å²) in [5, 5.41) is 0. The molecule has 0 bridgehead atoms. The molecule has 0 radical (unpaired) electrons. The van der Waals surface area contributed by atoms with Crippen LogP contribution < -0.4 is 0 Å². The first kappa shape index (κ1) is 12.1. The molecule has 1 aromatic rings. The van der Waals surface area contributed by atoms with Crippen molar-refractivity contribution in [2.75, 3.05) is 0 Å². The fraction of sp³-hybridized carbons (Fsp3) is 0.400. The van der Waals surface area contributed by atoms with Crippen molar-refractivity contribution in [3.8, 4) is 0 Å². The summed E-state index contributed by atoms with van der Waals surface area (Å²) in [6.45, 7) is 2.01. The van der Waals surface area contributed by atoms with Crippen LogP contribution in [0.1, 0.15) is 36.5 Å². The number of Topliss-reactive ketones (excluding diaryl/α,β-unsaturated/α-hetero) is 1. The number of ketones is 1. The van der Waals surface area contributed by atoms with E-state index in [0.29, 0.717) is 0 Å². The molecule has 0 unspecified atom stereocenters. The molecule has 0 spiro atoms. The van der Waals surface area contributed by atoms with E-state index in [-0.39, 0.29) is 18.0 Å². The van der Waals surface area contributed by atoms with Gasteiger partial charge in [0, 0.05) is 5.56 Å². The number of hydrogen-bond acceptors (Lipinski definition) is 2. The van der Waals surface area contributed by atoms with Crippen LogP contribution in [0.3, 0.4) is 0 Å². The van der Waals surface area contributed by atoms with E-state index in [4.69, 9.17) is 4.74 Å². The summed E-state index contributed by atoms with van der Waals surface area (Å²) in [5.74, 6) is 0.104. The summed E-state index contributed by atoms with van der Waals surface area (Å²) < 4.78 is 5.81. The van der Waals surface area contributed by atoms with E-state index >= 15 is 0 Å². The molecule has 0 saturated carbocycles. The number of carbonyl (C=O) groups is 1. The van der Waals surface area contributed by atoms with Crippen molar-refractivity contribution in [3.05, 3.63) is 48.0 Å². The Morgan fingerprint density at radius 3 is 2.76 bits per heavy atom. The van der Waals surface area contributed by atoms with Gasteiger partial charge in [0.05, 0.1) is 6.10 Å². The Hall–Kier alpha value is -1.41. The van der Waals surface area contributed by atoms with Gasteiger partial charge >= 0.3 is 0 Å². The highest BCUT2D eigenvalue weighted by molar-refractivity contribution is 5.99. The number of rotatable bonds is 2. The predicted octanol–water partition coefficient (Wildman–Crippen LogP) is 3.38. The van der Waals surface area contributed by atoms with Crippen molar-refractivity contribution >= 4 is 5.78 Å². The Morgan fingerprint density at radius 1 is 1.24 bits per heavy atom. The maximum Gasteiger partial charge on any atom is 0.191 e. The molecule has 1 heterocycles. The van der Waals surface area contributed by atoms with E-state index in [1.165, 1.54) is 0 Å². The second kappa shape index (κ2) is 5.78. The maximum atomic E-state index is 12.3. The molecule has 2 heteroatoms. The average Bonchev–Trinajstić information content (AvgIpc) is 2.34. The molecule has 1 aliphatic heterocycles. The van der Waals surface area contributed by atoms with Crippen molar-refractivity contribution < 1.29 is 9.53 Å². The molecule has 90 valence electrons. The molecule has 2 atom stereocenters. The molecule has 1 aromatic carbocycles. The Balaban J connectivity index is 2.10. The second-order valence-corrected chi connectivity index (χ2v) is 4.45. The predicted molar refractivity (Wildman–Crippen MR) is 68.1 cm³/mol. The van der Waals surface area contributed by atoms with Crippen LogP contribution in [0.5, 0.6) is 0 Å². The zero-order valence-electron chi connectivity index (χ0n) is 10.1. The molecular weight excluding hydrogens is 212 g/mol. The lowest BCUT2D eigenvalue weighted by Crippen LogP contribution is -2.29. The number of benzene rings is 1. The molecule has 1 aliphatic rings. The van der Waals surface area contributed by atoms with Gasteiger partial charge in [0.15, 0.2) is 5.78 Å². The molecule has 0 fully saturated rings. The van der Waals surface area contributed by atoms with Crippen LogP contribution in [0.4, 0.5) is 0 Å². The van der Waals surface area contributed by atoms with Crippen LogP contribution >= 0.6 is 0 Å². The van der Waals surface area contributed by atoms with Gasteiger partial charge in [0.2, 0.25) is 0 Å². The molecule has 0 N–H and O–H groups in total. The SMILES string of the molecule is C[C@H]1C/C=C\CC[C@@H](C(=O)c2ccccc2)O1. The summed E-state index contributed by atoms with van der Waals surface area (Å²) in [4.78, 5) is 12.3. The van der Waals surface area contributed by atoms with Crippen molar-refractivity contribution in [2.24, 2.45) is 0 Å². The topological polar surface area (TPSA) is 26.3 Å². The summed E-state index contributed by atoms with van der Waals surface area (Å²) in [5.41, 5.74) is 0.745. The maximum absolute atomic E-state index is 12.3. The minimum absolute atomic E-state index is 0.104. The third kappa shape index (κ3) is 3.27. The van der Waals surface area contributed by atoms with Crippen LogP contribution in [-0.4, -0.2) is 18.0 Å². The van der Waals surface area contributed by atoms with Gasteiger partial charge in [-0.2, -0.15) is 0 Å². The minimum atomic E-state index is -0.294. The van der Waals surface area contributed by atoms with Gasteiger partial charge in [-0.05, 0) is 26.2 Å². The molecule has 2 nitrogen and oxygen atoms in total. The zero-order chi connectivity index (χ0) is 12.1. The molecule has 17 heavy (non-hydrogen) atoms. The third-order valence-corrected chi connectivity index (χ3v) is 2.98. The molecule has 0 aromatic heterocycles. The summed E-state index contributed by atoms with van der Waals surface area (Å²) in [6, 6.07) is 9.40. The Kier molecular flexibility index (Phi) is 4.10. The van der Waals surface area contributed by atoms with E-state index in [0.717, 1.165) is 24.8 Å². The molecular formula is C15H18O2. The van der Waals surface area contributed by atoms with Gasteiger partial charge in [0.25, 0.3) is 0 Å². The summed E-state index contributed by atoms with van der Waals surface area (Å²) >= 11 is 0. The molecule has 0 aliphatic carbocycles. The van der Waals surface area contributed by atoms with Crippen molar-refractivity contribution in [1.29, 1.82) is 0 Å². The monoisotopic (exact) mass is 230 g/mol. The fourth-order valence-corrected chi connectivity index (χ4v) is 2.04. The zero-order valence-corrected chi connectivity index (χ0v) is 10.1. The highest BCUT2D eigenvalue weighted by atomic mass is 16.5. The van der Waals surface area contributed by atoms with Gasteiger partial charge < -0.3 is 4.74 Å². The quantitative estimate of drug-likeness (QED) is 0.575. The Bertz CT molecular complexity index is 395. The first-order valence-electron chi connectivity index (χ1n) is 6.17. The number of ether oxygens (including phenoxy) is 1. The first-order chi connectivity index (χ1) is 8.27. The van der Waals surface area contributed by atoms with Crippen molar-refractivity contribution in [2.45, 2.75) is 38.4 Å². The van der Waals surface area contributed by atoms with Gasteiger partial charge in [0.1, 0.15) is 6.10 Å². The van der Waals surface area contributed by atoms with Gasteiger partial charge in [-0.25, -0.2) is 0 Å². The van der Waals surface area contributed by atoms with Crippen molar-refractivity contribution in [3.63, 3.8) is 0 Å². The molecule has 0 amide bonds. The smallest absolute Gasteiger partial charge is 0.191 e. The molecule has 0 saturated heterocycles. The summed E-state index contributed by atoms with van der Waals surface area (Å²) in [7, 11) is 0. The van der Waals surface area contributed by atoms with Crippen LogP contribution in [0.2, 0.25) is 0 Å². The lowest BCUT2D eigenvalue weighted by Gasteiger charge is -2.22. The van der Waals surface area contributed by atoms with Crippen LogP contribution in [0.15, 0.2) is 42.5 Å². The minimum Gasteiger partial charge on any atom is -0.367 e. The summed E-state index contributed by atoms with van der Waals surface area (Å²) in [6.07, 6.45) is 6.67. The third-order valence-electron chi connectivity index (χ3n) is 2.98. The average molecular weight is 230 g/mol. The first-order valence-corrected chi connectivity index (χ1v) is 6.17. The number of hydrogen-bond donors (Lipinski definition) is 0. The van der Waals surface area contributed by atoms with Crippen LogP contribution in [0, 0.1) is 0 Å². The van der Waals surface area contributed by atoms with Crippen molar-refractivity contribution in [1.82, 2.24) is 0 Å².